The molecule has 0 unspecified atom stereocenters. The second-order valence-corrected chi connectivity index (χ2v) is 9.70. The standard InChI is InChI=1S/C25H39F2NO5/c1-9-17(10-2)22(32-21-14-18(26)11-12-19(21)27)16(5)31-23(29)20(13-15(3)4)28-24(30)33-25(6,7)8/h11-12,14-17,20,22H,9-10,13H2,1-8H3,(H,28,30)/t16-,20-,22+/m0/s1. The Hall–Kier alpha value is -2.38. The normalized spacial score (nSPS) is 14.5. The first kappa shape index (κ1) is 28.7. The zero-order chi connectivity index (χ0) is 25.3. The fourth-order valence-corrected chi connectivity index (χ4v) is 3.51. The molecule has 1 aromatic rings. The lowest BCUT2D eigenvalue weighted by Crippen LogP contribution is -2.48. The Balaban J connectivity index is 3.05. The number of halogens is 2. The van der Waals surface area contributed by atoms with Gasteiger partial charge in [0.05, 0.1) is 0 Å². The Morgan fingerprint density at radius 2 is 1.67 bits per heavy atom. The monoisotopic (exact) mass is 471 g/mol. The van der Waals surface area contributed by atoms with Crippen LogP contribution < -0.4 is 10.1 Å². The largest absolute Gasteiger partial charge is 0.483 e. The molecule has 0 radical (unpaired) electrons. The van der Waals surface area contributed by atoms with Crippen molar-refractivity contribution in [3.05, 3.63) is 29.8 Å². The maximum Gasteiger partial charge on any atom is 0.408 e. The van der Waals surface area contributed by atoms with Crippen LogP contribution in [0.3, 0.4) is 0 Å². The average Bonchev–Trinajstić information content (AvgIpc) is 2.68. The summed E-state index contributed by atoms with van der Waals surface area (Å²) in [6, 6.07) is 2.06. The van der Waals surface area contributed by atoms with E-state index in [0.717, 1.165) is 18.2 Å². The van der Waals surface area contributed by atoms with Gasteiger partial charge in [-0.2, -0.15) is 0 Å². The van der Waals surface area contributed by atoms with Crippen LogP contribution in [0.4, 0.5) is 13.6 Å². The molecule has 33 heavy (non-hydrogen) atoms. The predicted molar refractivity (Wildman–Crippen MR) is 123 cm³/mol. The van der Waals surface area contributed by atoms with Crippen LogP contribution in [0, 0.1) is 23.5 Å². The molecule has 0 heterocycles. The van der Waals surface area contributed by atoms with Gasteiger partial charge in [-0.3, -0.25) is 0 Å². The van der Waals surface area contributed by atoms with Crippen molar-refractivity contribution in [3.63, 3.8) is 0 Å². The summed E-state index contributed by atoms with van der Waals surface area (Å²) in [5.41, 5.74) is -0.715. The molecule has 1 aromatic carbocycles. The topological polar surface area (TPSA) is 73.9 Å². The van der Waals surface area contributed by atoms with Crippen molar-refractivity contribution in [3.8, 4) is 5.75 Å². The number of ether oxygens (including phenoxy) is 3. The van der Waals surface area contributed by atoms with E-state index in [4.69, 9.17) is 14.2 Å². The van der Waals surface area contributed by atoms with Gasteiger partial charge in [0.15, 0.2) is 11.6 Å². The first-order valence-corrected chi connectivity index (χ1v) is 11.6. The summed E-state index contributed by atoms with van der Waals surface area (Å²) < 4.78 is 44.7. The van der Waals surface area contributed by atoms with Crippen LogP contribution in [0.5, 0.6) is 5.75 Å². The van der Waals surface area contributed by atoms with E-state index >= 15 is 0 Å². The lowest BCUT2D eigenvalue weighted by atomic mass is 9.93. The molecule has 0 aliphatic carbocycles. The minimum atomic E-state index is -0.921. The van der Waals surface area contributed by atoms with Gasteiger partial charge < -0.3 is 19.5 Å². The van der Waals surface area contributed by atoms with Gasteiger partial charge in [0, 0.05) is 6.07 Å². The second kappa shape index (κ2) is 12.8. The number of amides is 1. The third-order valence-electron chi connectivity index (χ3n) is 5.12. The second-order valence-electron chi connectivity index (χ2n) is 9.70. The Morgan fingerprint density at radius 1 is 1.06 bits per heavy atom. The molecule has 0 fully saturated rings. The zero-order valence-electron chi connectivity index (χ0n) is 21.0. The van der Waals surface area contributed by atoms with E-state index in [1.807, 2.05) is 27.7 Å². The van der Waals surface area contributed by atoms with Crippen LogP contribution in [0.25, 0.3) is 0 Å². The smallest absolute Gasteiger partial charge is 0.408 e. The van der Waals surface area contributed by atoms with Gasteiger partial charge in [-0.15, -0.1) is 0 Å². The van der Waals surface area contributed by atoms with Crippen molar-refractivity contribution >= 4 is 12.1 Å². The van der Waals surface area contributed by atoms with Crippen molar-refractivity contribution in [1.82, 2.24) is 5.32 Å². The number of rotatable bonds is 11. The summed E-state index contributed by atoms with van der Waals surface area (Å²) >= 11 is 0. The van der Waals surface area contributed by atoms with Crippen molar-refractivity contribution in [2.24, 2.45) is 11.8 Å². The molecule has 0 aromatic heterocycles. The van der Waals surface area contributed by atoms with Crippen LogP contribution >= 0.6 is 0 Å². The number of benzene rings is 1. The highest BCUT2D eigenvalue weighted by atomic mass is 19.1. The average molecular weight is 472 g/mol. The summed E-state index contributed by atoms with van der Waals surface area (Å²) in [4.78, 5) is 25.2. The van der Waals surface area contributed by atoms with Gasteiger partial charge in [-0.1, -0.05) is 27.7 Å². The number of hydrogen-bond donors (Lipinski definition) is 1. The van der Waals surface area contributed by atoms with Gasteiger partial charge in [-0.25, -0.2) is 18.4 Å². The van der Waals surface area contributed by atoms with Crippen molar-refractivity contribution < 1.29 is 32.6 Å². The Bertz CT molecular complexity index is 775. The minimum absolute atomic E-state index is 0.0715. The van der Waals surface area contributed by atoms with E-state index in [1.54, 1.807) is 27.7 Å². The van der Waals surface area contributed by atoms with Crippen molar-refractivity contribution in [2.75, 3.05) is 0 Å². The van der Waals surface area contributed by atoms with Gasteiger partial charge in [-0.05, 0) is 70.9 Å². The van der Waals surface area contributed by atoms with Crippen LogP contribution in [-0.4, -0.2) is 35.9 Å². The maximum absolute atomic E-state index is 14.2. The first-order chi connectivity index (χ1) is 15.3. The number of hydrogen-bond acceptors (Lipinski definition) is 5. The van der Waals surface area contributed by atoms with Gasteiger partial charge >= 0.3 is 12.1 Å². The molecule has 8 heteroatoms. The van der Waals surface area contributed by atoms with Gasteiger partial charge in [0.25, 0.3) is 0 Å². The minimum Gasteiger partial charge on any atom is -0.483 e. The highest BCUT2D eigenvalue weighted by Crippen LogP contribution is 2.27. The zero-order valence-corrected chi connectivity index (χ0v) is 21.0. The molecule has 0 spiro atoms. The van der Waals surface area contributed by atoms with E-state index in [2.05, 4.69) is 5.32 Å². The van der Waals surface area contributed by atoms with Crippen molar-refractivity contribution in [1.29, 1.82) is 0 Å². The molecule has 0 bridgehead atoms. The maximum atomic E-state index is 14.2. The lowest BCUT2D eigenvalue weighted by Gasteiger charge is -2.32. The SMILES string of the molecule is CCC(CC)[C@H](Oc1cc(F)ccc1F)[C@H](C)OC(=O)[C@H](CC(C)C)NC(=O)OC(C)(C)C. The fourth-order valence-electron chi connectivity index (χ4n) is 3.51. The lowest BCUT2D eigenvalue weighted by molar-refractivity contribution is -0.157. The van der Waals surface area contributed by atoms with E-state index in [0.29, 0.717) is 19.3 Å². The number of alkyl carbamates (subject to hydrolysis) is 1. The third-order valence-corrected chi connectivity index (χ3v) is 5.12. The molecule has 3 atom stereocenters. The van der Waals surface area contributed by atoms with E-state index in [-0.39, 0.29) is 17.6 Å². The molecule has 6 nitrogen and oxygen atoms in total. The van der Waals surface area contributed by atoms with Crippen molar-refractivity contribution in [2.45, 2.75) is 98.5 Å². The first-order valence-electron chi connectivity index (χ1n) is 11.6. The molecule has 188 valence electrons. The molecule has 1 rings (SSSR count). The molecular weight excluding hydrogens is 432 g/mol. The Labute approximate surface area is 196 Å². The molecule has 1 N–H and O–H groups in total. The van der Waals surface area contributed by atoms with E-state index in [1.165, 1.54) is 0 Å². The summed E-state index contributed by atoms with van der Waals surface area (Å²) in [7, 11) is 0. The summed E-state index contributed by atoms with van der Waals surface area (Å²) in [5.74, 6) is -2.17. The molecule has 0 aliphatic heterocycles. The summed E-state index contributed by atoms with van der Waals surface area (Å²) in [6.07, 6.45) is -0.481. The van der Waals surface area contributed by atoms with E-state index < -0.39 is 47.5 Å². The summed E-state index contributed by atoms with van der Waals surface area (Å²) in [6.45, 7) is 14.6. The third kappa shape index (κ3) is 9.96. The predicted octanol–water partition coefficient (Wildman–Crippen LogP) is 6.02. The van der Waals surface area contributed by atoms with Crippen LogP contribution in [0.1, 0.15) is 74.7 Å². The number of nitrogens with one attached hydrogen (secondary N) is 1. The highest BCUT2D eigenvalue weighted by molar-refractivity contribution is 5.81. The number of carbonyl (C=O) groups excluding carboxylic acids is 2. The van der Waals surface area contributed by atoms with Crippen LogP contribution in [0.2, 0.25) is 0 Å². The van der Waals surface area contributed by atoms with Gasteiger partial charge in [0.1, 0.15) is 29.7 Å². The van der Waals surface area contributed by atoms with Gasteiger partial charge in [0.2, 0.25) is 0 Å². The summed E-state index contributed by atoms with van der Waals surface area (Å²) in [5, 5.41) is 2.59. The molecule has 1 amide bonds. The highest BCUT2D eigenvalue weighted by Gasteiger charge is 2.33. The molecule has 0 saturated carbocycles. The number of esters is 1. The number of carbonyl (C=O) groups is 2. The fraction of sp³-hybridized carbons (Fsp3) is 0.680. The molecular formula is C25H39F2NO5. The van der Waals surface area contributed by atoms with Crippen LogP contribution in [0.15, 0.2) is 18.2 Å². The Kier molecular flexibility index (Phi) is 11.1. The van der Waals surface area contributed by atoms with Crippen LogP contribution in [-0.2, 0) is 14.3 Å². The molecule has 0 aliphatic rings. The Morgan fingerprint density at radius 3 is 2.18 bits per heavy atom. The molecule has 0 saturated heterocycles. The van der Waals surface area contributed by atoms with E-state index in [9.17, 15) is 18.4 Å². The quantitative estimate of drug-likeness (QED) is 0.400.